The number of alkyl halides is 4. The topological polar surface area (TPSA) is 0 Å². The highest BCUT2D eigenvalue weighted by molar-refractivity contribution is 4.66. The van der Waals surface area contributed by atoms with Gasteiger partial charge in [-0.05, 0) is 6.92 Å². The first-order valence-electron chi connectivity index (χ1n) is 2.43. The molecule has 2 atom stereocenters. The van der Waals surface area contributed by atoms with E-state index in [0.717, 1.165) is 0 Å². The lowest BCUT2D eigenvalue weighted by atomic mass is 10.2. The van der Waals surface area contributed by atoms with Gasteiger partial charge in [-0.2, -0.15) is 0 Å². The summed E-state index contributed by atoms with van der Waals surface area (Å²) in [6, 6.07) is 0. The van der Waals surface area contributed by atoms with Crippen LogP contribution in [0.4, 0.5) is 17.6 Å². The van der Waals surface area contributed by atoms with Crippen molar-refractivity contribution in [3.63, 3.8) is 0 Å². The smallest absolute Gasteiger partial charge is 0.247 e. The molecule has 0 aromatic rings. The van der Waals surface area contributed by atoms with Crippen molar-refractivity contribution in [1.82, 2.24) is 0 Å². The predicted octanol–water partition coefficient (Wildman–Crippen LogP) is 2.15. The van der Waals surface area contributed by atoms with Crippen LogP contribution in [0.15, 0.2) is 0 Å². The highest BCUT2D eigenvalue weighted by Crippen LogP contribution is 2.12. The molecule has 0 N–H and O–H groups in total. The summed E-state index contributed by atoms with van der Waals surface area (Å²) in [5, 5.41) is 0. The van der Waals surface area contributed by atoms with E-state index in [1.165, 1.54) is 0 Å². The van der Waals surface area contributed by atoms with Gasteiger partial charge in [0.05, 0.1) is 0 Å². The van der Waals surface area contributed by atoms with E-state index in [9.17, 15) is 17.6 Å². The number of hydrogen-bond donors (Lipinski definition) is 0. The fraction of sp³-hybridized carbons (Fsp3) is 0.800. The Balaban J connectivity index is 3.38. The van der Waals surface area contributed by atoms with Crippen molar-refractivity contribution in [3.8, 4) is 0 Å². The Bertz CT molecular complexity index is 71.4. The number of rotatable bonds is 3. The molecule has 9 heavy (non-hydrogen) atoms. The molecule has 0 aromatic heterocycles. The molecule has 0 fully saturated rings. The summed E-state index contributed by atoms with van der Waals surface area (Å²) >= 11 is 0. The molecule has 4 heteroatoms. The molecule has 1 radical (unpaired) electrons. The third-order valence-corrected chi connectivity index (χ3v) is 0.754. The van der Waals surface area contributed by atoms with Gasteiger partial charge in [-0.3, -0.25) is 0 Å². The molecule has 0 heterocycles. The first-order chi connectivity index (χ1) is 4.04. The first-order valence-corrected chi connectivity index (χ1v) is 2.43. The molecule has 0 amide bonds. The Morgan fingerprint density at radius 2 is 1.56 bits per heavy atom. The van der Waals surface area contributed by atoms with Crippen LogP contribution in [-0.4, -0.2) is 18.8 Å². The van der Waals surface area contributed by atoms with Crippen LogP contribution in [-0.2, 0) is 0 Å². The molecule has 0 spiro atoms. The van der Waals surface area contributed by atoms with Crippen molar-refractivity contribution in [2.75, 3.05) is 0 Å². The van der Waals surface area contributed by atoms with Gasteiger partial charge in [0, 0.05) is 6.42 Å². The van der Waals surface area contributed by atoms with Crippen molar-refractivity contribution in [1.29, 1.82) is 0 Å². The summed E-state index contributed by atoms with van der Waals surface area (Å²) < 4.78 is 45.8. The van der Waals surface area contributed by atoms with Crippen LogP contribution in [0.25, 0.3) is 0 Å². The summed E-state index contributed by atoms with van der Waals surface area (Å²) in [6.45, 7) is 2.72. The minimum atomic E-state index is -3.09. The summed E-state index contributed by atoms with van der Waals surface area (Å²) in [5.74, 6) is 0. The molecule has 0 saturated heterocycles. The van der Waals surface area contributed by atoms with Gasteiger partial charge in [0.15, 0.2) is 6.17 Å². The Kier molecular flexibility index (Phi) is 3.58. The van der Waals surface area contributed by atoms with Gasteiger partial charge in [0.2, 0.25) is 0 Å². The molecule has 0 nitrogen and oxygen atoms in total. The first kappa shape index (κ1) is 8.72. The average Bonchev–Trinajstić information content (AvgIpc) is 1.63. The van der Waals surface area contributed by atoms with Crippen LogP contribution in [0.3, 0.4) is 0 Å². The minimum Gasteiger partial charge on any atom is -0.247 e. The number of halogens is 4. The lowest BCUT2D eigenvalue weighted by Gasteiger charge is -2.05. The van der Waals surface area contributed by atoms with Crippen LogP contribution >= 0.6 is 0 Å². The van der Waals surface area contributed by atoms with Crippen molar-refractivity contribution < 1.29 is 17.6 Å². The quantitative estimate of drug-likeness (QED) is 0.531. The second kappa shape index (κ2) is 3.69. The van der Waals surface area contributed by atoms with E-state index in [4.69, 9.17) is 0 Å². The lowest BCUT2D eigenvalue weighted by molar-refractivity contribution is 0.0359. The molecule has 0 aromatic carbocycles. The van der Waals surface area contributed by atoms with Crippen LogP contribution in [0.5, 0.6) is 0 Å². The summed E-state index contributed by atoms with van der Waals surface area (Å²) in [5.41, 5.74) is 0. The molecule has 0 bridgehead atoms. The van der Waals surface area contributed by atoms with Gasteiger partial charge >= 0.3 is 0 Å². The van der Waals surface area contributed by atoms with Gasteiger partial charge in [-0.25, -0.2) is 17.6 Å². The highest BCUT2D eigenvalue weighted by Gasteiger charge is 2.21. The maximum absolute atomic E-state index is 11.7. The van der Waals surface area contributed by atoms with Crippen LogP contribution in [0, 0.1) is 6.92 Å². The van der Waals surface area contributed by atoms with Crippen LogP contribution in [0.2, 0.25) is 0 Å². The SMILES string of the molecule is [CH2]C(F)CC(F)C(F)F. The van der Waals surface area contributed by atoms with E-state index in [1.54, 1.807) is 0 Å². The van der Waals surface area contributed by atoms with Gasteiger partial charge in [0.25, 0.3) is 6.43 Å². The van der Waals surface area contributed by atoms with Crippen molar-refractivity contribution in [2.24, 2.45) is 0 Å². The normalized spacial score (nSPS) is 18.0. The second-order valence-electron chi connectivity index (χ2n) is 1.68. The van der Waals surface area contributed by atoms with Gasteiger partial charge in [-0.1, -0.05) is 0 Å². The Morgan fingerprint density at radius 1 is 1.11 bits per heavy atom. The fourth-order valence-electron chi connectivity index (χ4n) is 0.347. The molecule has 0 aliphatic rings. The van der Waals surface area contributed by atoms with E-state index >= 15 is 0 Å². The lowest BCUT2D eigenvalue weighted by Crippen LogP contribution is -2.16. The molecular formula is C5H7F4. The third-order valence-electron chi connectivity index (χ3n) is 0.754. The van der Waals surface area contributed by atoms with Crippen molar-refractivity contribution in [2.45, 2.75) is 25.2 Å². The van der Waals surface area contributed by atoms with Gasteiger partial charge in [-0.15, -0.1) is 0 Å². The third kappa shape index (κ3) is 4.24. The Labute approximate surface area is 50.9 Å². The zero-order valence-electron chi connectivity index (χ0n) is 4.66. The summed E-state index contributed by atoms with van der Waals surface area (Å²) in [7, 11) is 0. The van der Waals surface area contributed by atoms with E-state index < -0.39 is 25.2 Å². The van der Waals surface area contributed by atoms with Crippen LogP contribution in [0.1, 0.15) is 6.42 Å². The van der Waals surface area contributed by atoms with Gasteiger partial charge < -0.3 is 0 Å². The van der Waals surface area contributed by atoms with E-state index in [1.807, 2.05) is 0 Å². The maximum atomic E-state index is 11.7. The zero-order valence-corrected chi connectivity index (χ0v) is 4.66. The van der Waals surface area contributed by atoms with Crippen molar-refractivity contribution >= 4 is 0 Å². The summed E-state index contributed by atoms with van der Waals surface area (Å²) in [6.07, 6.45) is -8.03. The van der Waals surface area contributed by atoms with Crippen LogP contribution < -0.4 is 0 Å². The molecule has 0 aliphatic heterocycles. The van der Waals surface area contributed by atoms with Gasteiger partial charge in [0.1, 0.15) is 6.17 Å². The van der Waals surface area contributed by atoms with E-state index in [2.05, 4.69) is 6.92 Å². The molecule has 0 saturated carbocycles. The monoisotopic (exact) mass is 143 g/mol. The largest absolute Gasteiger partial charge is 0.269 e. The number of hydrogen-bond acceptors (Lipinski definition) is 0. The molecule has 2 unspecified atom stereocenters. The van der Waals surface area contributed by atoms with E-state index in [0.29, 0.717) is 0 Å². The Hall–Kier alpha value is -0.280. The maximum Gasteiger partial charge on any atom is 0.269 e. The Morgan fingerprint density at radius 3 is 1.67 bits per heavy atom. The standard InChI is InChI=1S/C5H7F4/c1-3(6)2-4(7)5(8)9/h3-5H,1-2H2. The highest BCUT2D eigenvalue weighted by atomic mass is 19.3. The average molecular weight is 143 g/mol. The van der Waals surface area contributed by atoms with Crippen molar-refractivity contribution in [3.05, 3.63) is 6.92 Å². The molecular weight excluding hydrogens is 136 g/mol. The molecule has 0 rings (SSSR count). The van der Waals surface area contributed by atoms with E-state index in [-0.39, 0.29) is 0 Å². The molecule has 55 valence electrons. The summed E-state index contributed by atoms with van der Waals surface area (Å²) in [4.78, 5) is 0. The second-order valence-corrected chi connectivity index (χ2v) is 1.68. The molecule has 0 aliphatic carbocycles. The predicted molar refractivity (Wildman–Crippen MR) is 25.8 cm³/mol. The fourth-order valence-corrected chi connectivity index (χ4v) is 0.347. The minimum absolute atomic E-state index is 0.822. The zero-order chi connectivity index (χ0) is 7.44.